The van der Waals surface area contributed by atoms with E-state index in [4.69, 9.17) is 5.84 Å². The van der Waals surface area contributed by atoms with Crippen LogP contribution in [0.5, 0.6) is 0 Å². The Kier molecular flexibility index (Phi) is 4.03. The van der Waals surface area contributed by atoms with E-state index < -0.39 is 0 Å². The Morgan fingerprint density at radius 3 is 2.05 bits per heavy atom. The van der Waals surface area contributed by atoms with Gasteiger partial charge in [-0.2, -0.15) is 0 Å². The maximum atomic E-state index is 5.82. The van der Waals surface area contributed by atoms with Crippen LogP contribution in [0.2, 0.25) is 0 Å². The molecule has 3 N–H and O–H groups in total. The zero-order chi connectivity index (χ0) is 13.9. The largest absolute Gasteiger partial charge is 0.271 e. The molecule has 0 fully saturated rings. The highest BCUT2D eigenvalue weighted by atomic mass is 15.2. The van der Waals surface area contributed by atoms with Crippen LogP contribution in [-0.2, 0) is 5.41 Å². The Balaban J connectivity index is 2.38. The van der Waals surface area contributed by atoms with Gasteiger partial charge in [-0.3, -0.25) is 11.3 Å². The summed E-state index contributed by atoms with van der Waals surface area (Å²) in [5.74, 6) is 5.82. The van der Waals surface area contributed by atoms with E-state index in [9.17, 15) is 0 Å². The smallest absolute Gasteiger partial charge is 0.0551 e. The third-order valence-corrected chi connectivity index (χ3v) is 3.82. The minimum atomic E-state index is -0.0781. The first kappa shape index (κ1) is 13.8. The second kappa shape index (κ2) is 5.55. The highest BCUT2D eigenvalue weighted by molar-refractivity contribution is 5.33. The van der Waals surface area contributed by atoms with Crippen molar-refractivity contribution in [3.8, 4) is 0 Å². The molecule has 1 unspecified atom stereocenters. The zero-order valence-corrected chi connectivity index (χ0v) is 11.9. The van der Waals surface area contributed by atoms with Crippen LogP contribution in [0, 0.1) is 6.92 Å². The minimum absolute atomic E-state index is 0.0781. The van der Waals surface area contributed by atoms with Crippen molar-refractivity contribution >= 4 is 0 Å². The van der Waals surface area contributed by atoms with E-state index >= 15 is 0 Å². The summed E-state index contributed by atoms with van der Waals surface area (Å²) in [6.45, 7) is 6.52. The molecule has 0 radical (unpaired) electrons. The second-order valence-corrected chi connectivity index (χ2v) is 5.60. The predicted octanol–water partition coefficient (Wildman–Crippen LogP) is 3.48. The number of hydrazine groups is 1. The van der Waals surface area contributed by atoms with Gasteiger partial charge in [0.1, 0.15) is 0 Å². The molecule has 0 aliphatic heterocycles. The number of rotatable bonds is 4. The van der Waals surface area contributed by atoms with Crippen LogP contribution in [0.1, 0.15) is 36.6 Å². The topological polar surface area (TPSA) is 38.0 Å². The van der Waals surface area contributed by atoms with Crippen molar-refractivity contribution in [2.75, 3.05) is 0 Å². The van der Waals surface area contributed by atoms with Gasteiger partial charge < -0.3 is 0 Å². The summed E-state index contributed by atoms with van der Waals surface area (Å²) in [7, 11) is 0. The number of hydrogen-bond donors (Lipinski definition) is 2. The Hall–Kier alpha value is -1.64. The molecule has 2 rings (SSSR count). The zero-order valence-electron chi connectivity index (χ0n) is 11.9. The number of benzene rings is 2. The molecule has 0 heterocycles. The first-order chi connectivity index (χ1) is 9.05. The summed E-state index contributed by atoms with van der Waals surface area (Å²) >= 11 is 0. The fraction of sp³-hybridized carbons (Fsp3) is 0.294. The Bertz CT molecular complexity index is 515. The molecule has 0 saturated heterocycles. The summed E-state index contributed by atoms with van der Waals surface area (Å²) in [5, 5.41) is 0. The van der Waals surface area contributed by atoms with E-state index in [0.29, 0.717) is 0 Å². The van der Waals surface area contributed by atoms with Crippen LogP contribution in [0.15, 0.2) is 54.6 Å². The van der Waals surface area contributed by atoms with Gasteiger partial charge in [0.15, 0.2) is 0 Å². The highest BCUT2D eigenvalue weighted by Crippen LogP contribution is 2.36. The number of nitrogens with one attached hydrogen (secondary N) is 1. The quantitative estimate of drug-likeness (QED) is 0.647. The summed E-state index contributed by atoms with van der Waals surface area (Å²) in [4.78, 5) is 0. The first-order valence-corrected chi connectivity index (χ1v) is 6.64. The molecule has 2 aromatic rings. The molecule has 0 bridgehead atoms. The molecule has 0 aliphatic carbocycles. The number of nitrogens with two attached hydrogens (primary N) is 1. The van der Waals surface area contributed by atoms with Crippen molar-refractivity contribution < 1.29 is 0 Å². The lowest BCUT2D eigenvalue weighted by Crippen LogP contribution is -2.41. The molecular weight excluding hydrogens is 232 g/mol. The summed E-state index contributed by atoms with van der Waals surface area (Å²) in [6, 6.07) is 19.1. The maximum Gasteiger partial charge on any atom is 0.0551 e. The van der Waals surface area contributed by atoms with Gasteiger partial charge in [0, 0.05) is 5.41 Å². The van der Waals surface area contributed by atoms with Gasteiger partial charge in [-0.1, -0.05) is 74.0 Å². The van der Waals surface area contributed by atoms with E-state index in [1.807, 2.05) is 6.07 Å². The molecule has 2 heteroatoms. The molecule has 0 aromatic heterocycles. The van der Waals surface area contributed by atoms with Gasteiger partial charge in [-0.25, -0.2) is 0 Å². The van der Waals surface area contributed by atoms with Crippen molar-refractivity contribution in [2.45, 2.75) is 32.2 Å². The third kappa shape index (κ3) is 2.86. The maximum absolute atomic E-state index is 5.82. The van der Waals surface area contributed by atoms with Crippen LogP contribution in [0.3, 0.4) is 0 Å². The van der Waals surface area contributed by atoms with E-state index in [1.165, 1.54) is 16.7 Å². The van der Waals surface area contributed by atoms with Crippen molar-refractivity contribution in [1.29, 1.82) is 0 Å². The van der Waals surface area contributed by atoms with Gasteiger partial charge in [-0.05, 0) is 18.1 Å². The van der Waals surface area contributed by atoms with Gasteiger partial charge >= 0.3 is 0 Å². The highest BCUT2D eigenvalue weighted by Gasteiger charge is 2.31. The summed E-state index contributed by atoms with van der Waals surface area (Å²) in [5.41, 5.74) is 6.65. The average molecular weight is 254 g/mol. The van der Waals surface area contributed by atoms with Gasteiger partial charge in [-0.15, -0.1) is 0 Å². The Morgan fingerprint density at radius 1 is 0.947 bits per heavy atom. The average Bonchev–Trinajstić information content (AvgIpc) is 2.42. The minimum Gasteiger partial charge on any atom is -0.271 e. The van der Waals surface area contributed by atoms with E-state index in [-0.39, 0.29) is 11.5 Å². The van der Waals surface area contributed by atoms with Crippen LogP contribution in [-0.4, -0.2) is 0 Å². The number of hydrogen-bond acceptors (Lipinski definition) is 2. The molecule has 0 spiro atoms. The van der Waals surface area contributed by atoms with Crippen molar-refractivity contribution in [2.24, 2.45) is 5.84 Å². The van der Waals surface area contributed by atoms with Crippen molar-refractivity contribution in [3.05, 3.63) is 71.3 Å². The fourth-order valence-corrected chi connectivity index (χ4v) is 2.51. The molecule has 0 aliphatic rings. The molecule has 19 heavy (non-hydrogen) atoms. The lowest BCUT2D eigenvalue weighted by molar-refractivity contribution is 0.353. The van der Waals surface area contributed by atoms with Crippen molar-refractivity contribution in [1.82, 2.24) is 5.43 Å². The summed E-state index contributed by atoms with van der Waals surface area (Å²) in [6.07, 6.45) is 0. The van der Waals surface area contributed by atoms with Crippen LogP contribution in [0.25, 0.3) is 0 Å². The number of aryl methyl sites for hydroxylation is 1. The molecule has 1 atom stereocenters. The molecule has 2 nitrogen and oxygen atoms in total. The van der Waals surface area contributed by atoms with E-state index in [2.05, 4.69) is 74.7 Å². The fourth-order valence-electron chi connectivity index (χ4n) is 2.51. The molecule has 100 valence electrons. The monoisotopic (exact) mass is 254 g/mol. The first-order valence-electron chi connectivity index (χ1n) is 6.64. The Morgan fingerprint density at radius 2 is 1.53 bits per heavy atom. The second-order valence-electron chi connectivity index (χ2n) is 5.60. The van der Waals surface area contributed by atoms with Gasteiger partial charge in [0.05, 0.1) is 6.04 Å². The predicted molar refractivity (Wildman–Crippen MR) is 80.7 cm³/mol. The SMILES string of the molecule is Cc1ccc(C(NN)C(C)(C)c2ccccc2)cc1. The lowest BCUT2D eigenvalue weighted by atomic mass is 9.75. The van der Waals surface area contributed by atoms with E-state index in [0.717, 1.165) is 0 Å². The van der Waals surface area contributed by atoms with Crippen molar-refractivity contribution in [3.63, 3.8) is 0 Å². The van der Waals surface area contributed by atoms with Crippen LogP contribution in [0.4, 0.5) is 0 Å². The standard InChI is InChI=1S/C17H22N2/c1-13-9-11-14(12-10-13)16(19-18)17(2,3)15-7-5-4-6-8-15/h4-12,16,19H,18H2,1-3H3. The Labute approximate surface area is 115 Å². The summed E-state index contributed by atoms with van der Waals surface area (Å²) < 4.78 is 0. The molecule has 0 amide bonds. The molecular formula is C17H22N2. The van der Waals surface area contributed by atoms with Gasteiger partial charge in [0.25, 0.3) is 0 Å². The third-order valence-electron chi connectivity index (χ3n) is 3.82. The normalized spacial score (nSPS) is 13.3. The van der Waals surface area contributed by atoms with Crippen LogP contribution >= 0.6 is 0 Å². The molecule has 2 aromatic carbocycles. The van der Waals surface area contributed by atoms with E-state index in [1.54, 1.807) is 0 Å². The lowest BCUT2D eigenvalue weighted by Gasteiger charge is -2.35. The molecule has 0 saturated carbocycles. The van der Waals surface area contributed by atoms with Crippen LogP contribution < -0.4 is 11.3 Å². The van der Waals surface area contributed by atoms with Gasteiger partial charge in [0.2, 0.25) is 0 Å².